The largest absolute Gasteiger partial charge is 0.422 e. The summed E-state index contributed by atoms with van der Waals surface area (Å²) in [5.74, 6) is 0.477. The highest BCUT2D eigenvalue weighted by atomic mass is 32.2. The number of nitrogens with zero attached hydrogens (tertiary/aromatic N) is 2. The number of aromatic nitrogens is 2. The highest BCUT2D eigenvalue weighted by Gasteiger charge is 2.35. The smallest absolute Gasteiger partial charge is 0.259 e. The average Bonchev–Trinajstić information content (AvgIpc) is 2.59. The lowest BCUT2D eigenvalue weighted by molar-refractivity contribution is 0.350. The molecule has 3 rings (SSSR count). The molecular formula is C18H18N4O2S. The molecule has 1 aromatic carbocycles. The molecule has 0 fully saturated rings. The van der Waals surface area contributed by atoms with Gasteiger partial charge in [-0.3, -0.25) is 4.79 Å². The molecule has 6 nitrogen and oxygen atoms in total. The van der Waals surface area contributed by atoms with E-state index >= 15 is 0 Å². The van der Waals surface area contributed by atoms with Crippen LogP contribution in [0.3, 0.4) is 0 Å². The van der Waals surface area contributed by atoms with Crippen molar-refractivity contribution < 1.29 is 4.74 Å². The van der Waals surface area contributed by atoms with Crippen LogP contribution in [0.2, 0.25) is 0 Å². The zero-order valence-electron chi connectivity index (χ0n) is 13.9. The molecule has 0 spiro atoms. The van der Waals surface area contributed by atoms with E-state index in [1.54, 1.807) is 0 Å². The molecule has 0 amide bonds. The van der Waals surface area contributed by atoms with Crippen LogP contribution in [0.1, 0.15) is 30.9 Å². The molecule has 25 heavy (non-hydrogen) atoms. The Morgan fingerprint density at radius 2 is 2.12 bits per heavy atom. The van der Waals surface area contributed by atoms with Gasteiger partial charge in [0.15, 0.2) is 5.16 Å². The number of hydrogen-bond donors (Lipinski definition) is 2. The molecule has 1 aliphatic heterocycles. The number of hydrogen-bond acceptors (Lipinski definition) is 6. The van der Waals surface area contributed by atoms with Gasteiger partial charge in [-0.15, -0.1) is 0 Å². The molecule has 2 aromatic rings. The van der Waals surface area contributed by atoms with Crippen molar-refractivity contribution in [1.82, 2.24) is 9.97 Å². The number of thioether (sulfide) groups is 1. The Kier molecular flexibility index (Phi) is 4.81. The lowest BCUT2D eigenvalue weighted by Crippen LogP contribution is -2.30. The second kappa shape index (κ2) is 7.03. The van der Waals surface area contributed by atoms with Gasteiger partial charge in [-0.2, -0.15) is 10.2 Å². The molecule has 1 atom stereocenters. The summed E-state index contributed by atoms with van der Waals surface area (Å²) in [7, 11) is 0. The first-order valence-corrected chi connectivity index (χ1v) is 8.88. The third-order valence-corrected chi connectivity index (χ3v) is 4.94. The monoisotopic (exact) mass is 354 g/mol. The number of benzene rings is 1. The number of nitrogens with two attached hydrogens (primary N) is 1. The highest BCUT2D eigenvalue weighted by molar-refractivity contribution is 7.98. The van der Waals surface area contributed by atoms with E-state index in [9.17, 15) is 10.1 Å². The van der Waals surface area contributed by atoms with Crippen molar-refractivity contribution in [2.24, 2.45) is 11.7 Å². The van der Waals surface area contributed by atoms with Gasteiger partial charge in [0.2, 0.25) is 11.8 Å². The van der Waals surface area contributed by atoms with Gasteiger partial charge >= 0.3 is 0 Å². The van der Waals surface area contributed by atoms with E-state index in [1.165, 1.54) is 11.8 Å². The number of allylic oxidation sites excluding steroid dienone is 1. The maximum absolute atomic E-state index is 12.6. The zero-order chi connectivity index (χ0) is 18.0. The molecule has 7 heteroatoms. The molecule has 3 N–H and O–H groups in total. The van der Waals surface area contributed by atoms with Gasteiger partial charge in [0.05, 0.1) is 11.1 Å². The molecule has 0 radical (unpaired) electrons. The Hall–Kier alpha value is -2.72. The van der Waals surface area contributed by atoms with Crippen LogP contribution < -0.4 is 16.0 Å². The van der Waals surface area contributed by atoms with E-state index in [2.05, 4.69) is 16.0 Å². The number of H-pyrrole nitrogens is 1. The summed E-state index contributed by atoms with van der Waals surface area (Å²) >= 11 is 1.41. The standard InChI is InChI=1S/C18H18N4O2S/c1-10(2)13-12(8-19)15(20)24-17-14(13)16(23)21-18(22-17)25-9-11-6-4-3-5-7-11/h3-7,10,13H,9,20H2,1-2H3,(H,21,22,23)/t13-/m0/s1. The third-order valence-electron chi connectivity index (χ3n) is 4.00. The second-order valence-electron chi connectivity index (χ2n) is 6.08. The van der Waals surface area contributed by atoms with Crippen molar-refractivity contribution in [2.45, 2.75) is 30.7 Å². The Labute approximate surface area is 149 Å². The quantitative estimate of drug-likeness (QED) is 0.646. The molecule has 2 heterocycles. The minimum Gasteiger partial charge on any atom is -0.422 e. The van der Waals surface area contributed by atoms with Crippen molar-refractivity contribution in [3.8, 4) is 11.9 Å². The van der Waals surface area contributed by atoms with Gasteiger partial charge in [-0.1, -0.05) is 55.9 Å². The Morgan fingerprint density at radius 3 is 2.76 bits per heavy atom. The van der Waals surface area contributed by atoms with Crippen molar-refractivity contribution >= 4 is 11.8 Å². The summed E-state index contributed by atoms with van der Waals surface area (Å²) in [5, 5.41) is 9.82. The summed E-state index contributed by atoms with van der Waals surface area (Å²) in [5.41, 5.74) is 7.35. The molecule has 0 unspecified atom stereocenters. The van der Waals surface area contributed by atoms with E-state index in [4.69, 9.17) is 10.5 Å². The fourth-order valence-electron chi connectivity index (χ4n) is 2.84. The zero-order valence-corrected chi connectivity index (χ0v) is 14.8. The molecule has 0 bridgehead atoms. The fraction of sp³-hybridized carbons (Fsp3) is 0.278. The van der Waals surface area contributed by atoms with Crippen molar-refractivity contribution in [3.63, 3.8) is 0 Å². The summed E-state index contributed by atoms with van der Waals surface area (Å²) in [4.78, 5) is 19.8. The Bertz CT molecular complexity index is 913. The van der Waals surface area contributed by atoms with Gasteiger partial charge in [0, 0.05) is 11.7 Å². The third kappa shape index (κ3) is 3.39. The topological polar surface area (TPSA) is 105 Å². The molecule has 128 valence electrons. The molecule has 0 aliphatic carbocycles. The number of nitriles is 1. The Balaban J connectivity index is 1.95. The van der Waals surface area contributed by atoms with Crippen LogP contribution >= 0.6 is 11.8 Å². The summed E-state index contributed by atoms with van der Waals surface area (Å²) < 4.78 is 5.48. The minimum atomic E-state index is -0.418. The highest BCUT2D eigenvalue weighted by Crippen LogP contribution is 2.39. The first-order valence-electron chi connectivity index (χ1n) is 7.89. The maximum Gasteiger partial charge on any atom is 0.259 e. The van der Waals surface area contributed by atoms with E-state index in [0.29, 0.717) is 16.5 Å². The molecule has 1 aromatic heterocycles. The number of fused-ring (bicyclic) bond motifs is 1. The first-order chi connectivity index (χ1) is 12.0. The second-order valence-corrected chi connectivity index (χ2v) is 7.04. The summed E-state index contributed by atoms with van der Waals surface area (Å²) in [6, 6.07) is 12.0. The van der Waals surface area contributed by atoms with E-state index in [1.807, 2.05) is 44.2 Å². The predicted molar refractivity (Wildman–Crippen MR) is 95.9 cm³/mol. The van der Waals surface area contributed by atoms with Crippen LogP contribution in [-0.2, 0) is 5.75 Å². The average molecular weight is 354 g/mol. The van der Waals surface area contributed by atoms with Crippen LogP contribution in [-0.4, -0.2) is 9.97 Å². The first kappa shape index (κ1) is 17.1. The number of ether oxygens (including phenoxy) is 1. The van der Waals surface area contributed by atoms with Crippen molar-refractivity contribution in [1.29, 1.82) is 5.26 Å². The predicted octanol–water partition coefficient (Wildman–Crippen LogP) is 2.89. The van der Waals surface area contributed by atoms with Crippen LogP contribution in [0, 0.1) is 17.2 Å². The van der Waals surface area contributed by atoms with Crippen LogP contribution in [0.5, 0.6) is 5.88 Å². The van der Waals surface area contributed by atoms with Gasteiger partial charge in [-0.25, -0.2) is 0 Å². The van der Waals surface area contributed by atoms with Gasteiger partial charge < -0.3 is 15.5 Å². The maximum atomic E-state index is 12.6. The Morgan fingerprint density at radius 1 is 1.40 bits per heavy atom. The van der Waals surface area contributed by atoms with E-state index in [-0.39, 0.29) is 28.8 Å². The number of aromatic amines is 1. The minimum absolute atomic E-state index is 0.0153. The van der Waals surface area contributed by atoms with Crippen LogP contribution in [0.15, 0.2) is 51.7 Å². The number of rotatable bonds is 4. The lowest BCUT2D eigenvalue weighted by atomic mass is 9.82. The summed E-state index contributed by atoms with van der Waals surface area (Å²) in [6.07, 6.45) is 0. The fourth-order valence-corrected chi connectivity index (χ4v) is 3.64. The molecule has 0 saturated carbocycles. The molecular weight excluding hydrogens is 336 g/mol. The summed E-state index contributed by atoms with van der Waals surface area (Å²) in [6.45, 7) is 3.86. The van der Waals surface area contributed by atoms with Gasteiger partial charge in [0.1, 0.15) is 6.07 Å². The normalized spacial score (nSPS) is 16.3. The van der Waals surface area contributed by atoms with Crippen molar-refractivity contribution in [2.75, 3.05) is 0 Å². The van der Waals surface area contributed by atoms with E-state index < -0.39 is 5.92 Å². The number of nitrogens with one attached hydrogen (secondary N) is 1. The van der Waals surface area contributed by atoms with Crippen LogP contribution in [0.25, 0.3) is 0 Å². The molecule has 1 aliphatic rings. The lowest BCUT2D eigenvalue weighted by Gasteiger charge is -2.26. The van der Waals surface area contributed by atoms with E-state index in [0.717, 1.165) is 5.56 Å². The van der Waals surface area contributed by atoms with Crippen molar-refractivity contribution in [3.05, 3.63) is 63.3 Å². The van der Waals surface area contributed by atoms with Crippen LogP contribution in [0.4, 0.5) is 0 Å². The van der Waals surface area contributed by atoms with Gasteiger partial charge in [-0.05, 0) is 11.5 Å². The SMILES string of the molecule is CC(C)[C@H]1C(C#N)=C(N)Oc2nc(SCc3ccccc3)[nH]c(=O)c21. The van der Waals surface area contributed by atoms with Gasteiger partial charge in [0.25, 0.3) is 5.56 Å². The molecule has 0 saturated heterocycles.